The Balaban J connectivity index is 0.00000141. The molecule has 4 rings (SSSR count). The lowest BCUT2D eigenvalue weighted by molar-refractivity contribution is -0.205. The largest absolute Gasteiger partial charge is 0.388 e. The van der Waals surface area contributed by atoms with Crippen molar-refractivity contribution in [3.8, 4) is 0 Å². The van der Waals surface area contributed by atoms with Crippen molar-refractivity contribution >= 4 is 41.4 Å². The van der Waals surface area contributed by atoms with Gasteiger partial charge in [-0.2, -0.15) is 3.89 Å². The maximum atomic E-state index is 13.5. The van der Waals surface area contributed by atoms with E-state index in [1.54, 1.807) is 19.2 Å². The van der Waals surface area contributed by atoms with Crippen LogP contribution in [0.25, 0.3) is 0 Å². The Morgan fingerprint density at radius 2 is 1.98 bits per heavy atom. The molecule has 3 heterocycles. The first-order valence-electron chi connectivity index (χ1n) is 13.3. The first kappa shape index (κ1) is 33.8. The molecule has 3 aliphatic rings. The number of hydrogen-bond donors (Lipinski definition) is 6. The monoisotopic (exact) mass is 627 g/mol. The molecule has 3 fully saturated rings. The van der Waals surface area contributed by atoms with Crippen LogP contribution in [-0.2, 0) is 20.8 Å². The highest BCUT2D eigenvalue weighted by Crippen LogP contribution is 2.31. The summed E-state index contributed by atoms with van der Waals surface area (Å²) in [5.41, 5.74) is 0.104. The van der Waals surface area contributed by atoms with Gasteiger partial charge < -0.3 is 40.7 Å². The van der Waals surface area contributed by atoms with Gasteiger partial charge in [-0.1, -0.05) is 12.1 Å². The molecule has 1 aromatic rings. The molecule has 0 aromatic heterocycles. The van der Waals surface area contributed by atoms with Crippen LogP contribution in [-0.4, -0.2) is 106 Å². The molecule has 6 N–H and O–H groups in total. The fourth-order valence-electron chi connectivity index (χ4n) is 5.48. The van der Waals surface area contributed by atoms with Crippen LogP contribution in [0.3, 0.4) is 0 Å². The van der Waals surface area contributed by atoms with Crippen LogP contribution in [0, 0.1) is 11.7 Å². The molecule has 1 aromatic carbocycles. The smallest absolute Gasteiger partial charge is 0.240 e. The van der Waals surface area contributed by atoms with Crippen LogP contribution < -0.4 is 16.0 Å². The zero-order valence-corrected chi connectivity index (χ0v) is 25.1. The fraction of sp³-hybridized carbons (Fsp3) is 0.731. The van der Waals surface area contributed by atoms with Crippen molar-refractivity contribution in [1.82, 2.24) is 16.0 Å². The Morgan fingerprint density at radius 1 is 1.25 bits per heavy atom. The Hall–Kier alpha value is -0.740. The fourth-order valence-corrected chi connectivity index (χ4v) is 6.36. The molecule has 0 saturated carbocycles. The van der Waals surface area contributed by atoms with Crippen molar-refractivity contribution < 1.29 is 37.9 Å². The van der Waals surface area contributed by atoms with Crippen molar-refractivity contribution in [2.24, 2.45) is 5.92 Å². The third-order valence-electron chi connectivity index (χ3n) is 7.52. The number of nitrogens with one attached hydrogen (secondary N) is 3. The summed E-state index contributed by atoms with van der Waals surface area (Å²) in [6.45, 7) is 3.31. The van der Waals surface area contributed by atoms with E-state index in [9.17, 15) is 28.4 Å². The van der Waals surface area contributed by atoms with Crippen molar-refractivity contribution in [2.75, 3.05) is 25.7 Å². The molecule has 0 radical (unpaired) electrons. The molecule has 3 unspecified atom stereocenters. The molecule has 0 bridgehead atoms. The SMILES string of the molecule is CSC1O[C@H]([C@H](NC(=O)[C@H]2NC[C@@H]3CC(NCc4cccc(F)c4)CCO[C@H]32)[C@H](C)Cl)C(O)[C@@H](O)[C@H]1O.CSF. The van der Waals surface area contributed by atoms with E-state index < -0.39 is 47.3 Å². The standard InChI is InChI=1S/C25H37ClFN3O6S.CH3FS/c1-12(26)17(23-20(32)19(31)21(33)25(36-23)37-2)30-24(34)18-22-14(11-29-18)9-16(6-7-35-22)28-10-13-4-3-5-15(27)8-13;1-3-2/h3-5,8,12,14,16-23,25,28-29,31-33H,6-7,9-11H2,1-2H3,(H,30,34);1H3/t12-,14-,16?,17+,18-,19+,20?,21+,22+,23+,25?;/m0./s1. The molecule has 40 heavy (non-hydrogen) atoms. The normalized spacial score (nSPS) is 35.5. The van der Waals surface area contributed by atoms with E-state index in [1.165, 1.54) is 30.2 Å². The predicted octanol–water partition coefficient (Wildman–Crippen LogP) is 1.57. The first-order valence-corrected chi connectivity index (χ1v) is 16.1. The summed E-state index contributed by atoms with van der Waals surface area (Å²) in [7, 11) is 0. The van der Waals surface area contributed by atoms with E-state index in [-0.39, 0.29) is 41.9 Å². The Kier molecular flexibility index (Phi) is 13.7. The number of halogens is 3. The van der Waals surface area contributed by atoms with Gasteiger partial charge in [0.1, 0.15) is 41.7 Å². The molecule has 1 amide bonds. The molecular weight excluding hydrogens is 588 g/mol. The van der Waals surface area contributed by atoms with Crippen LogP contribution in [0.4, 0.5) is 8.28 Å². The number of hydrogen-bond acceptors (Lipinski definition) is 10. The Labute approximate surface area is 247 Å². The predicted molar refractivity (Wildman–Crippen MR) is 153 cm³/mol. The first-order chi connectivity index (χ1) is 19.1. The van der Waals surface area contributed by atoms with Crippen molar-refractivity contribution in [2.45, 2.75) is 85.8 Å². The minimum absolute atomic E-state index is 0.101. The van der Waals surface area contributed by atoms with Gasteiger partial charge >= 0.3 is 0 Å². The number of aliphatic hydroxyl groups excluding tert-OH is 3. The summed E-state index contributed by atoms with van der Waals surface area (Å²) < 4.78 is 35.7. The minimum Gasteiger partial charge on any atom is -0.388 e. The number of benzene rings is 1. The van der Waals surface area contributed by atoms with Crippen LogP contribution in [0.5, 0.6) is 0 Å². The van der Waals surface area contributed by atoms with Gasteiger partial charge in [0.15, 0.2) is 0 Å². The summed E-state index contributed by atoms with van der Waals surface area (Å²) >= 11 is 7.86. The molecule has 0 spiro atoms. The molecule has 3 aliphatic heterocycles. The van der Waals surface area contributed by atoms with Crippen LogP contribution in [0.2, 0.25) is 0 Å². The number of rotatable bonds is 8. The number of carbonyl (C=O) groups excluding carboxylic acids is 1. The molecular formula is C26H40ClF2N3O6S2. The number of fused-ring (bicyclic) bond motifs is 1. The van der Waals surface area contributed by atoms with E-state index in [0.717, 1.165) is 18.4 Å². The highest BCUT2D eigenvalue weighted by Gasteiger charge is 2.49. The van der Waals surface area contributed by atoms with Crippen LogP contribution >= 0.6 is 35.5 Å². The van der Waals surface area contributed by atoms with Gasteiger partial charge in [0.05, 0.1) is 17.5 Å². The third kappa shape index (κ3) is 8.65. The molecule has 14 heteroatoms. The zero-order chi connectivity index (χ0) is 29.4. The van der Waals surface area contributed by atoms with Gasteiger partial charge in [-0.05, 0) is 43.7 Å². The molecule has 0 aliphatic carbocycles. The second-order valence-electron chi connectivity index (χ2n) is 10.3. The van der Waals surface area contributed by atoms with Gasteiger partial charge in [-0.25, -0.2) is 4.39 Å². The summed E-state index contributed by atoms with van der Waals surface area (Å²) in [5.74, 6) is -0.486. The molecule has 3 saturated heterocycles. The number of ether oxygens (including phenoxy) is 2. The average Bonchev–Trinajstić information content (AvgIpc) is 3.20. The van der Waals surface area contributed by atoms with Crippen LogP contribution in [0.15, 0.2) is 24.3 Å². The number of alkyl halides is 1. The lowest BCUT2D eigenvalue weighted by Gasteiger charge is -2.44. The van der Waals surface area contributed by atoms with E-state index in [0.29, 0.717) is 19.7 Å². The van der Waals surface area contributed by atoms with Crippen LogP contribution in [0.1, 0.15) is 25.3 Å². The van der Waals surface area contributed by atoms with Gasteiger partial charge in [0.25, 0.3) is 0 Å². The quantitative estimate of drug-likeness (QED) is 0.236. The Morgan fingerprint density at radius 3 is 2.62 bits per heavy atom. The Bertz CT molecular complexity index is 942. The molecule has 228 valence electrons. The maximum absolute atomic E-state index is 13.5. The summed E-state index contributed by atoms with van der Waals surface area (Å²) in [6.07, 6.45) is -0.782. The van der Waals surface area contributed by atoms with Crippen molar-refractivity contribution in [3.05, 3.63) is 35.6 Å². The number of thioether (sulfide) groups is 1. The summed E-state index contributed by atoms with van der Waals surface area (Å²) in [6, 6.07) is 5.26. The summed E-state index contributed by atoms with van der Waals surface area (Å²) in [5, 5.41) is 40.1. The second-order valence-corrected chi connectivity index (χ2v) is 12.2. The van der Waals surface area contributed by atoms with Crippen molar-refractivity contribution in [1.29, 1.82) is 0 Å². The van der Waals surface area contributed by atoms with Gasteiger partial charge in [0.2, 0.25) is 5.91 Å². The molecule has 11 atom stereocenters. The third-order valence-corrected chi connectivity index (χ3v) is 8.65. The molecule has 9 nitrogen and oxygen atoms in total. The van der Waals surface area contributed by atoms with E-state index in [2.05, 4.69) is 16.0 Å². The highest BCUT2D eigenvalue weighted by atomic mass is 35.5. The van der Waals surface area contributed by atoms with E-state index in [1.807, 2.05) is 6.07 Å². The second kappa shape index (κ2) is 16.2. The highest BCUT2D eigenvalue weighted by molar-refractivity contribution is 7.99. The van der Waals surface area contributed by atoms with E-state index in [4.69, 9.17) is 21.1 Å². The van der Waals surface area contributed by atoms with E-state index >= 15 is 0 Å². The average molecular weight is 628 g/mol. The topological polar surface area (TPSA) is 132 Å². The maximum Gasteiger partial charge on any atom is 0.240 e. The summed E-state index contributed by atoms with van der Waals surface area (Å²) in [4.78, 5) is 13.4. The number of aliphatic hydroxyl groups is 3. The number of amides is 1. The van der Waals surface area contributed by atoms with Gasteiger partial charge in [0, 0.05) is 50.1 Å². The minimum atomic E-state index is -1.43. The van der Waals surface area contributed by atoms with Gasteiger partial charge in [-0.15, -0.1) is 23.4 Å². The lowest BCUT2D eigenvalue weighted by Crippen LogP contribution is -2.65. The van der Waals surface area contributed by atoms with Crippen molar-refractivity contribution in [3.63, 3.8) is 0 Å². The zero-order valence-electron chi connectivity index (χ0n) is 22.7. The van der Waals surface area contributed by atoms with Gasteiger partial charge in [-0.3, -0.25) is 4.79 Å². The lowest BCUT2D eigenvalue weighted by atomic mass is 9.92. The number of carbonyl (C=O) groups is 1.